The number of aliphatic hydroxyl groups excluding tert-OH is 11. The molecule has 2 fully saturated rings. The maximum absolute atomic E-state index is 10.1. The molecule has 2 aliphatic rings. The molecule has 0 aromatic heterocycles. The first-order valence-corrected chi connectivity index (χ1v) is 11.0. The number of ether oxygens (including phenoxy) is 3. The number of carbonyl (C=O) groups is 1. The van der Waals surface area contributed by atoms with E-state index in [-0.39, 0.29) is 26.4 Å². The molecule has 0 bridgehead atoms. The fraction of sp³-hybridized carbons (Fsp3) is 0.947. The van der Waals surface area contributed by atoms with E-state index in [0.717, 1.165) is 0 Å². The summed E-state index contributed by atoms with van der Waals surface area (Å²) >= 11 is 0. The van der Waals surface area contributed by atoms with E-state index in [1.54, 1.807) is 6.92 Å². The van der Waals surface area contributed by atoms with Gasteiger partial charge in [-0.1, -0.05) is 0 Å². The molecule has 2 heterocycles. The summed E-state index contributed by atoms with van der Waals surface area (Å²) < 4.78 is 15.1. The second kappa shape index (κ2) is 19.8. The van der Waals surface area contributed by atoms with Crippen LogP contribution in [0.2, 0.25) is 0 Å². The molecule has 2 aliphatic heterocycles. The van der Waals surface area contributed by atoms with Crippen molar-refractivity contribution in [1.29, 1.82) is 0 Å². The van der Waals surface area contributed by atoms with Crippen molar-refractivity contribution in [2.24, 2.45) is 5.73 Å². The molecule has 0 aromatic carbocycles. The molecule has 15 N–H and O–H groups in total. The van der Waals surface area contributed by atoms with Crippen molar-refractivity contribution in [3.63, 3.8) is 0 Å². The van der Waals surface area contributed by atoms with E-state index in [4.69, 9.17) is 44.8 Å². The fourth-order valence-corrected chi connectivity index (χ4v) is 2.58. The summed E-state index contributed by atoms with van der Waals surface area (Å²) in [6.07, 6.45) is -13.8. The van der Waals surface area contributed by atoms with Crippen LogP contribution in [0.15, 0.2) is 0 Å². The zero-order valence-corrected chi connectivity index (χ0v) is 20.2. The first kappa shape index (κ1) is 38.0. The highest BCUT2D eigenvalue weighted by Gasteiger charge is 2.53. The van der Waals surface area contributed by atoms with Crippen molar-refractivity contribution in [3.05, 3.63) is 0 Å². The molecule has 0 saturated carbocycles. The fourth-order valence-electron chi connectivity index (χ4n) is 2.58. The molecular weight excluding hydrogens is 514 g/mol. The summed E-state index contributed by atoms with van der Waals surface area (Å²) in [5, 5.41) is 116. The van der Waals surface area contributed by atoms with Crippen molar-refractivity contribution in [2.45, 2.75) is 67.8 Å². The number of hydrogen-bond donors (Lipinski definition) is 14. The largest absolute Gasteiger partial charge is 0.480 e. The molecule has 2 saturated heterocycles. The van der Waals surface area contributed by atoms with Gasteiger partial charge in [0.25, 0.3) is 0 Å². The molecule has 0 spiro atoms. The quantitative estimate of drug-likeness (QED) is 0.139. The van der Waals surface area contributed by atoms with Gasteiger partial charge in [0, 0.05) is 6.61 Å². The number of carboxylic acid groups (broad SMARTS) is 1. The molecule has 0 radical (unpaired) electrons. The van der Waals surface area contributed by atoms with Crippen molar-refractivity contribution in [2.75, 3.05) is 46.2 Å². The zero-order chi connectivity index (χ0) is 29.3. The maximum Gasteiger partial charge on any atom is 0.317 e. The summed E-state index contributed by atoms with van der Waals surface area (Å²) in [7, 11) is 0. The smallest absolute Gasteiger partial charge is 0.317 e. The lowest BCUT2D eigenvalue weighted by molar-refractivity contribution is -0.387. The molecule has 0 aromatic rings. The van der Waals surface area contributed by atoms with Crippen LogP contribution < -0.4 is 5.73 Å². The minimum atomic E-state index is -2.38. The Hall–Kier alpha value is -1.17. The van der Waals surface area contributed by atoms with Crippen LogP contribution in [-0.2, 0) is 19.0 Å². The number of nitrogens with two attached hydrogens (primary N) is 1. The number of aliphatic hydroxyl groups is 12. The number of rotatable bonds is 7. The molecule has 0 unspecified atom stereocenters. The Morgan fingerprint density at radius 1 is 1.00 bits per heavy atom. The summed E-state index contributed by atoms with van der Waals surface area (Å²) in [6, 6.07) is 0. The molecule has 18 nitrogen and oxygen atoms in total. The van der Waals surface area contributed by atoms with E-state index in [0.29, 0.717) is 0 Å². The van der Waals surface area contributed by atoms with Crippen LogP contribution in [0.3, 0.4) is 0 Å². The Balaban J connectivity index is 0. The van der Waals surface area contributed by atoms with Crippen molar-refractivity contribution in [1.82, 2.24) is 0 Å². The van der Waals surface area contributed by atoms with Crippen LogP contribution in [-0.4, -0.2) is 179 Å². The minimum absolute atomic E-state index is 0.250. The van der Waals surface area contributed by atoms with Gasteiger partial charge in [-0.25, -0.2) is 0 Å². The maximum atomic E-state index is 10.1. The molecule has 2 rings (SSSR count). The van der Waals surface area contributed by atoms with Gasteiger partial charge in [0.15, 0.2) is 6.29 Å². The van der Waals surface area contributed by atoms with Crippen LogP contribution in [0.1, 0.15) is 6.92 Å². The van der Waals surface area contributed by atoms with E-state index in [1.807, 2.05) is 0 Å². The zero-order valence-electron chi connectivity index (χ0n) is 20.2. The van der Waals surface area contributed by atoms with Crippen LogP contribution >= 0.6 is 0 Å². The lowest BCUT2D eigenvalue weighted by Crippen LogP contribution is -2.67. The van der Waals surface area contributed by atoms with Gasteiger partial charge in [0.2, 0.25) is 5.79 Å². The molecule has 0 aliphatic carbocycles. The highest BCUT2D eigenvalue weighted by atomic mass is 16.7. The van der Waals surface area contributed by atoms with Crippen LogP contribution in [0.25, 0.3) is 0 Å². The van der Waals surface area contributed by atoms with E-state index in [2.05, 4.69) is 5.73 Å². The van der Waals surface area contributed by atoms with Gasteiger partial charge in [-0.3, -0.25) is 4.79 Å². The Morgan fingerprint density at radius 2 is 1.49 bits per heavy atom. The Morgan fingerprint density at radius 3 is 1.84 bits per heavy atom. The monoisotopic (exact) mass is 555 g/mol. The van der Waals surface area contributed by atoms with E-state index in [1.165, 1.54) is 0 Å². The van der Waals surface area contributed by atoms with Gasteiger partial charge >= 0.3 is 5.97 Å². The summed E-state index contributed by atoms with van der Waals surface area (Å²) in [6.45, 7) is -1.22. The highest BCUT2D eigenvalue weighted by Crippen LogP contribution is 2.31. The summed E-state index contributed by atoms with van der Waals surface area (Å²) in [5.41, 5.74) is 4.57. The number of hydrogen-bond acceptors (Lipinski definition) is 17. The average Bonchev–Trinajstić information content (AvgIpc) is 2.89. The number of carboxylic acids is 1. The standard InChI is InChI=1S/C12H22O11.C3H8O3.C2H5NO2.C2H6O/c13-1-5-7(17)8(18)9(19)11(22-5)23-10-6(16)4(15)2-21-12(10,20)3-14;4-1-3(6)2-5;3-1-2(4)5;1-2-3/h4-11,13-20H,1-3H2;3-6H,1-2H2;1,3H2,(H,4,5);3H,2H2,1H3/t4-,5-,6-,7-,8+,9-,10+,11-,12+;;;/m1.../s1. The average molecular weight is 556 g/mol. The predicted octanol–water partition coefficient (Wildman–Crippen LogP) is -8.04. The Labute approximate surface area is 211 Å². The summed E-state index contributed by atoms with van der Waals surface area (Å²) in [5.74, 6) is -3.35. The second-order valence-electron chi connectivity index (χ2n) is 7.56. The molecular formula is C19H41NO17. The van der Waals surface area contributed by atoms with Crippen molar-refractivity contribution >= 4 is 5.97 Å². The highest BCUT2D eigenvalue weighted by molar-refractivity contribution is 5.68. The van der Waals surface area contributed by atoms with Gasteiger partial charge in [-0.15, -0.1) is 0 Å². The normalized spacial score (nSPS) is 35.2. The molecule has 9 atom stereocenters. The topological polar surface area (TPSA) is 334 Å². The SMILES string of the molecule is CCO.NCC(=O)O.OCC(O)CO.OC[C@H]1O[C@H](O[C@H]2[C@H](O)[C@H](O)CO[C@@]2(O)CO)[C@H](O)[C@@H](O)[C@@H]1O. The molecule has 224 valence electrons. The minimum Gasteiger partial charge on any atom is -0.480 e. The van der Waals surface area contributed by atoms with Gasteiger partial charge in [-0.05, 0) is 6.92 Å². The third kappa shape index (κ3) is 13.0. The van der Waals surface area contributed by atoms with Crippen LogP contribution in [0, 0.1) is 0 Å². The molecule has 37 heavy (non-hydrogen) atoms. The van der Waals surface area contributed by atoms with Gasteiger partial charge in [0.05, 0.1) is 39.6 Å². The van der Waals surface area contributed by atoms with Crippen LogP contribution in [0.5, 0.6) is 0 Å². The summed E-state index contributed by atoms with van der Waals surface area (Å²) in [4.78, 5) is 9.24. The molecule has 18 heteroatoms. The van der Waals surface area contributed by atoms with Gasteiger partial charge < -0.3 is 86.3 Å². The van der Waals surface area contributed by atoms with Crippen molar-refractivity contribution in [3.8, 4) is 0 Å². The second-order valence-corrected chi connectivity index (χ2v) is 7.56. The van der Waals surface area contributed by atoms with Gasteiger partial charge in [0.1, 0.15) is 48.8 Å². The first-order valence-electron chi connectivity index (χ1n) is 11.0. The third-order valence-corrected chi connectivity index (χ3v) is 4.60. The van der Waals surface area contributed by atoms with Crippen LogP contribution in [0.4, 0.5) is 0 Å². The van der Waals surface area contributed by atoms with Gasteiger partial charge in [-0.2, -0.15) is 0 Å². The van der Waals surface area contributed by atoms with E-state index in [9.17, 15) is 40.5 Å². The third-order valence-electron chi connectivity index (χ3n) is 4.60. The Bertz CT molecular complexity index is 583. The lowest BCUT2D eigenvalue weighted by atomic mass is 9.96. The number of aliphatic carboxylic acids is 1. The predicted molar refractivity (Wildman–Crippen MR) is 118 cm³/mol. The lowest BCUT2D eigenvalue weighted by Gasteiger charge is -2.47. The van der Waals surface area contributed by atoms with Crippen molar-refractivity contribution < 1.29 is 85.4 Å². The van der Waals surface area contributed by atoms with E-state index < -0.39 is 86.7 Å². The Kier molecular flexibility index (Phi) is 20.4. The van der Waals surface area contributed by atoms with E-state index >= 15 is 0 Å². The molecule has 0 amide bonds. The first-order chi connectivity index (χ1) is 17.2.